The zero-order valence-electron chi connectivity index (χ0n) is 22.0. The fourth-order valence-corrected chi connectivity index (χ4v) is 8.77. The van der Waals surface area contributed by atoms with Crippen LogP contribution in [0.2, 0.25) is 0 Å². The van der Waals surface area contributed by atoms with Crippen LogP contribution in [0, 0.1) is 17.8 Å². The van der Waals surface area contributed by atoms with Crippen molar-refractivity contribution in [3.63, 3.8) is 0 Å². The van der Waals surface area contributed by atoms with E-state index >= 15 is 0 Å². The number of nitrogens with zero attached hydrogens (tertiary/aromatic N) is 5. The molecule has 1 N–H and O–H groups in total. The molecule has 2 aromatic rings. The van der Waals surface area contributed by atoms with Gasteiger partial charge in [-0.2, -0.15) is 0 Å². The Morgan fingerprint density at radius 2 is 2.13 bits per heavy atom. The van der Waals surface area contributed by atoms with Crippen molar-refractivity contribution >= 4 is 40.6 Å². The highest BCUT2D eigenvalue weighted by Crippen LogP contribution is 2.67. The fourth-order valence-electron chi connectivity index (χ4n) is 6.58. The molecule has 38 heavy (non-hydrogen) atoms. The van der Waals surface area contributed by atoms with Gasteiger partial charge in [0.1, 0.15) is 18.2 Å². The average Bonchev–Trinajstić information content (AvgIpc) is 3.64. The van der Waals surface area contributed by atoms with Crippen LogP contribution >= 0.6 is 11.8 Å². The summed E-state index contributed by atoms with van der Waals surface area (Å²) in [6.45, 7) is 9.80. The first-order valence-electron chi connectivity index (χ1n) is 13.2. The first-order chi connectivity index (χ1) is 18.3. The van der Waals surface area contributed by atoms with Crippen LogP contribution in [0.5, 0.6) is 0 Å². The first kappa shape index (κ1) is 26.7. The number of esters is 1. The number of carbonyl (C=O) groups is 3. The van der Waals surface area contributed by atoms with Crippen LogP contribution in [-0.2, 0) is 25.8 Å². The quantitative estimate of drug-likeness (QED) is 0.359. The molecule has 0 aliphatic carbocycles. The highest BCUT2D eigenvalue weighted by atomic mass is 32.2. The normalized spacial score (nSPS) is 28.7. The van der Waals surface area contributed by atoms with Crippen LogP contribution in [-0.4, -0.2) is 89.5 Å². The molecule has 1 aromatic heterocycles. The summed E-state index contributed by atoms with van der Waals surface area (Å²) in [7, 11) is 0. The molecule has 3 saturated heterocycles. The van der Waals surface area contributed by atoms with Gasteiger partial charge in [-0.1, -0.05) is 37.3 Å². The number of ether oxygens (including phenoxy) is 1. The molecule has 3 aliphatic heterocycles. The van der Waals surface area contributed by atoms with Crippen molar-refractivity contribution in [2.45, 2.75) is 62.4 Å². The van der Waals surface area contributed by atoms with Gasteiger partial charge in [-0.25, -0.2) is 4.68 Å². The molecule has 2 amide bonds. The maximum Gasteiger partial charge on any atom is 0.310 e. The van der Waals surface area contributed by atoms with Gasteiger partial charge in [0.05, 0.1) is 41.4 Å². The van der Waals surface area contributed by atoms with E-state index in [9.17, 15) is 19.5 Å². The zero-order chi connectivity index (χ0) is 27.2. The number of aliphatic hydroxyl groups excluding tert-OH is 1. The molecule has 3 fully saturated rings. The number of thioether (sulfide) groups is 1. The first-order valence-corrected chi connectivity index (χ1v) is 14.1. The molecule has 11 heteroatoms. The molecule has 0 radical (unpaired) electrons. The maximum absolute atomic E-state index is 14.5. The molecular weight excluding hydrogens is 506 g/mol. The van der Waals surface area contributed by atoms with E-state index in [4.69, 9.17) is 4.74 Å². The predicted octanol–water partition coefficient (Wildman–Crippen LogP) is 2.07. The van der Waals surface area contributed by atoms with Crippen molar-refractivity contribution in [2.24, 2.45) is 17.8 Å². The van der Waals surface area contributed by atoms with Crippen LogP contribution in [0.25, 0.3) is 11.0 Å². The highest BCUT2D eigenvalue weighted by molar-refractivity contribution is 8.02. The molecule has 204 valence electrons. The van der Waals surface area contributed by atoms with Crippen LogP contribution in [0.4, 0.5) is 0 Å². The van der Waals surface area contributed by atoms with Gasteiger partial charge < -0.3 is 19.6 Å². The Kier molecular flexibility index (Phi) is 7.25. The lowest BCUT2D eigenvalue weighted by molar-refractivity contribution is -0.154. The standard InChI is InChI=1S/C27H35N5O5S/c1-5-13-30(15-31-18-10-8-7-9-17(18)28-29-31)25(35)23-27-12-11-20(38-27)21(26(36)37-6-2)22(27)24(34)32(23)19(14-33)16(3)4/h5,7-10,16,19-23,33H,1,6,11-15H2,2-4H3/t19-,20-,21+,22-,23?,27?/m0/s1. The molecule has 4 heterocycles. The summed E-state index contributed by atoms with van der Waals surface area (Å²) >= 11 is 1.59. The molecule has 2 unspecified atom stereocenters. The van der Waals surface area contributed by atoms with Crippen molar-refractivity contribution in [1.29, 1.82) is 0 Å². The summed E-state index contributed by atoms with van der Waals surface area (Å²) in [5.41, 5.74) is 1.51. The van der Waals surface area contributed by atoms with Crippen molar-refractivity contribution < 1.29 is 24.2 Å². The number of fused-ring (bicyclic) bond motifs is 2. The van der Waals surface area contributed by atoms with E-state index in [1.165, 1.54) is 0 Å². The number of aromatic nitrogens is 3. The Morgan fingerprint density at radius 1 is 1.37 bits per heavy atom. The van der Waals surface area contributed by atoms with Crippen molar-refractivity contribution in [3.8, 4) is 0 Å². The second-order valence-electron chi connectivity index (χ2n) is 10.6. The summed E-state index contributed by atoms with van der Waals surface area (Å²) in [5, 5.41) is 18.8. The van der Waals surface area contributed by atoms with Crippen molar-refractivity contribution in [2.75, 3.05) is 19.8 Å². The number of carbonyl (C=O) groups excluding carboxylic acids is 3. The number of benzene rings is 1. The minimum Gasteiger partial charge on any atom is -0.466 e. The molecule has 2 bridgehead atoms. The van der Waals surface area contributed by atoms with Gasteiger partial charge in [0, 0.05) is 11.8 Å². The van der Waals surface area contributed by atoms with Gasteiger partial charge in [0.2, 0.25) is 11.8 Å². The number of hydrogen-bond acceptors (Lipinski definition) is 8. The van der Waals surface area contributed by atoms with E-state index in [-0.39, 0.29) is 55.4 Å². The number of aliphatic hydroxyl groups is 1. The smallest absolute Gasteiger partial charge is 0.310 e. The monoisotopic (exact) mass is 541 g/mol. The largest absolute Gasteiger partial charge is 0.466 e. The second-order valence-corrected chi connectivity index (χ2v) is 12.2. The lowest BCUT2D eigenvalue weighted by Crippen LogP contribution is -2.58. The molecule has 10 nitrogen and oxygen atoms in total. The van der Waals surface area contributed by atoms with E-state index in [1.54, 1.807) is 39.2 Å². The van der Waals surface area contributed by atoms with E-state index in [0.717, 1.165) is 17.5 Å². The van der Waals surface area contributed by atoms with Crippen molar-refractivity contribution in [1.82, 2.24) is 24.8 Å². The molecule has 0 saturated carbocycles. The maximum atomic E-state index is 14.5. The van der Waals surface area contributed by atoms with E-state index in [0.29, 0.717) is 6.42 Å². The van der Waals surface area contributed by atoms with E-state index in [2.05, 4.69) is 16.9 Å². The SMILES string of the molecule is C=CCN(Cn1nnc2ccccc21)C(=O)C1N([C@@H](CO)C(C)C)C(=O)[C@@H]2[C@H](C(=O)OCC)[C@@H]3CCC12S3. The Bertz CT molecular complexity index is 1250. The molecular formula is C27H35N5O5S. The number of likely N-dealkylation sites (tertiary alicyclic amines) is 1. The Hall–Kier alpha value is -2.92. The summed E-state index contributed by atoms with van der Waals surface area (Å²) in [6.07, 6.45) is 3.03. The molecule has 1 spiro atoms. The summed E-state index contributed by atoms with van der Waals surface area (Å²) in [5.74, 6) is -2.21. The summed E-state index contributed by atoms with van der Waals surface area (Å²) in [6, 6.07) is 6.13. The second kappa shape index (κ2) is 10.3. The van der Waals surface area contributed by atoms with Gasteiger partial charge in [-0.05, 0) is 37.8 Å². The van der Waals surface area contributed by atoms with E-state index < -0.39 is 28.7 Å². The Morgan fingerprint density at radius 3 is 2.82 bits per heavy atom. The molecule has 1 aromatic carbocycles. The third kappa shape index (κ3) is 4.02. The lowest BCUT2D eigenvalue weighted by Gasteiger charge is -2.40. The Labute approximate surface area is 226 Å². The molecule has 5 rings (SSSR count). The Balaban J connectivity index is 1.56. The number of para-hydroxylation sites is 1. The molecule has 6 atom stereocenters. The lowest BCUT2D eigenvalue weighted by atomic mass is 9.71. The topological polar surface area (TPSA) is 118 Å². The minimum absolute atomic E-state index is 0.0702. The van der Waals surface area contributed by atoms with Gasteiger partial charge in [0.25, 0.3) is 0 Å². The van der Waals surface area contributed by atoms with Crippen LogP contribution in [0.15, 0.2) is 36.9 Å². The fraction of sp³-hybridized carbons (Fsp3) is 0.593. The van der Waals surface area contributed by atoms with Gasteiger partial charge in [-0.3, -0.25) is 14.4 Å². The van der Waals surface area contributed by atoms with E-state index in [1.807, 2.05) is 38.1 Å². The van der Waals surface area contributed by atoms with Gasteiger partial charge in [0.15, 0.2) is 0 Å². The van der Waals surface area contributed by atoms with Crippen LogP contribution in [0.3, 0.4) is 0 Å². The zero-order valence-corrected chi connectivity index (χ0v) is 22.8. The predicted molar refractivity (Wildman–Crippen MR) is 143 cm³/mol. The number of hydrogen-bond donors (Lipinski definition) is 1. The van der Waals surface area contributed by atoms with Crippen molar-refractivity contribution in [3.05, 3.63) is 36.9 Å². The summed E-state index contributed by atoms with van der Waals surface area (Å²) < 4.78 is 6.30. The minimum atomic E-state index is -0.830. The number of rotatable bonds is 10. The van der Waals surface area contributed by atoms with Gasteiger partial charge >= 0.3 is 5.97 Å². The summed E-state index contributed by atoms with van der Waals surface area (Å²) in [4.78, 5) is 45.0. The van der Waals surface area contributed by atoms with Crippen LogP contribution < -0.4 is 0 Å². The third-order valence-corrected chi connectivity index (χ3v) is 10.2. The molecule has 3 aliphatic rings. The average molecular weight is 542 g/mol. The number of amides is 2. The highest BCUT2D eigenvalue weighted by Gasteiger charge is 2.75. The van der Waals surface area contributed by atoms with Gasteiger partial charge in [-0.15, -0.1) is 23.4 Å². The third-order valence-electron chi connectivity index (χ3n) is 8.23. The van der Waals surface area contributed by atoms with Crippen LogP contribution in [0.1, 0.15) is 33.6 Å².